The van der Waals surface area contributed by atoms with Gasteiger partial charge in [-0.05, 0) is 49.8 Å². The van der Waals surface area contributed by atoms with Crippen molar-refractivity contribution in [3.63, 3.8) is 0 Å². The van der Waals surface area contributed by atoms with Gasteiger partial charge < -0.3 is 15.2 Å². The molecule has 0 saturated heterocycles. The predicted octanol–water partition coefficient (Wildman–Crippen LogP) is 5.30. The van der Waals surface area contributed by atoms with Crippen LogP contribution < -0.4 is 10.6 Å². The van der Waals surface area contributed by atoms with Crippen molar-refractivity contribution in [2.45, 2.75) is 53.5 Å². The fourth-order valence-electron chi connectivity index (χ4n) is 5.18. The molecule has 0 saturated carbocycles. The molecule has 4 amide bonds. The summed E-state index contributed by atoms with van der Waals surface area (Å²) >= 11 is 6.32. The van der Waals surface area contributed by atoms with E-state index in [-0.39, 0.29) is 41.6 Å². The molecule has 1 aliphatic rings. The SMILES string of the molecule is CCOP(=O)(CC(CC(C)C)C(=O)N[C@@H](CC(C)C)C(=O)NC)CN1C(=O)c2cccc3c(Cl)ccc(c23)C1=O. The Morgan fingerprint density at radius 2 is 1.60 bits per heavy atom. The molecule has 218 valence electrons. The van der Waals surface area contributed by atoms with Gasteiger partial charge in [0.2, 0.25) is 19.2 Å². The van der Waals surface area contributed by atoms with Gasteiger partial charge in [0.1, 0.15) is 12.3 Å². The highest BCUT2D eigenvalue weighted by atomic mass is 35.5. The second-order valence-electron chi connectivity index (χ2n) is 11.0. The van der Waals surface area contributed by atoms with Crippen LogP contribution in [0.1, 0.15) is 68.2 Å². The van der Waals surface area contributed by atoms with Crippen LogP contribution >= 0.6 is 19.0 Å². The minimum Gasteiger partial charge on any atom is -0.357 e. The average molecular weight is 592 g/mol. The lowest BCUT2D eigenvalue weighted by Gasteiger charge is -2.32. The Labute approximate surface area is 240 Å². The Morgan fingerprint density at radius 1 is 0.975 bits per heavy atom. The molecule has 0 spiro atoms. The summed E-state index contributed by atoms with van der Waals surface area (Å²) in [6, 6.07) is 7.45. The van der Waals surface area contributed by atoms with Gasteiger partial charge in [-0.1, -0.05) is 51.4 Å². The van der Waals surface area contributed by atoms with Crippen molar-refractivity contribution in [1.82, 2.24) is 15.5 Å². The Morgan fingerprint density at radius 3 is 2.17 bits per heavy atom. The summed E-state index contributed by atoms with van der Waals surface area (Å²) in [5.41, 5.74) is 0.576. The van der Waals surface area contributed by atoms with E-state index in [1.807, 2.05) is 27.7 Å². The van der Waals surface area contributed by atoms with Crippen molar-refractivity contribution < 1.29 is 28.3 Å². The molecule has 1 heterocycles. The van der Waals surface area contributed by atoms with Gasteiger partial charge in [0.05, 0.1) is 6.61 Å². The molecule has 2 aromatic rings. The lowest BCUT2D eigenvalue weighted by molar-refractivity contribution is -0.131. The second-order valence-corrected chi connectivity index (χ2v) is 14.0. The molecule has 9 nitrogen and oxygen atoms in total. The smallest absolute Gasteiger partial charge is 0.261 e. The molecule has 0 radical (unpaired) electrons. The van der Waals surface area contributed by atoms with E-state index < -0.39 is 43.3 Å². The van der Waals surface area contributed by atoms with Crippen molar-refractivity contribution in [1.29, 1.82) is 0 Å². The van der Waals surface area contributed by atoms with Crippen LogP contribution in [-0.2, 0) is 18.7 Å². The van der Waals surface area contributed by atoms with E-state index in [2.05, 4.69) is 10.6 Å². The molecule has 0 bridgehead atoms. The molecule has 0 aromatic heterocycles. The summed E-state index contributed by atoms with van der Waals surface area (Å²) in [4.78, 5) is 53.9. The summed E-state index contributed by atoms with van der Waals surface area (Å²) in [6.07, 6.45) is 0.174. The third kappa shape index (κ3) is 7.12. The number of likely N-dealkylation sites (N-methyl/N-ethyl adjacent to an activating group) is 1. The molecule has 40 heavy (non-hydrogen) atoms. The first-order chi connectivity index (χ1) is 18.8. The minimum absolute atomic E-state index is 0.0690. The number of halogens is 1. The van der Waals surface area contributed by atoms with E-state index in [0.29, 0.717) is 28.6 Å². The molecule has 2 unspecified atom stereocenters. The number of carbonyl (C=O) groups is 4. The van der Waals surface area contributed by atoms with Crippen LogP contribution in [0.5, 0.6) is 0 Å². The van der Waals surface area contributed by atoms with Crippen LogP contribution in [0.15, 0.2) is 30.3 Å². The summed E-state index contributed by atoms with van der Waals surface area (Å²) in [5, 5.41) is 6.90. The lowest BCUT2D eigenvalue weighted by atomic mass is 9.94. The highest BCUT2D eigenvalue weighted by molar-refractivity contribution is 7.59. The Hall–Kier alpha value is -2.74. The van der Waals surface area contributed by atoms with Gasteiger partial charge in [0.15, 0.2) is 0 Å². The zero-order valence-corrected chi connectivity index (χ0v) is 25.6. The van der Waals surface area contributed by atoms with E-state index in [4.69, 9.17) is 16.1 Å². The fraction of sp³-hybridized carbons (Fsp3) is 0.517. The number of carbonyl (C=O) groups excluding carboxylic acids is 4. The molecule has 2 N–H and O–H groups in total. The van der Waals surface area contributed by atoms with Gasteiger partial charge in [-0.25, -0.2) is 0 Å². The van der Waals surface area contributed by atoms with Gasteiger partial charge >= 0.3 is 0 Å². The van der Waals surface area contributed by atoms with Crippen molar-refractivity contribution in [3.05, 3.63) is 46.5 Å². The third-order valence-corrected chi connectivity index (χ3v) is 9.64. The quantitative estimate of drug-likeness (QED) is 0.241. The minimum atomic E-state index is -3.73. The van der Waals surface area contributed by atoms with E-state index in [1.54, 1.807) is 37.3 Å². The predicted molar refractivity (Wildman–Crippen MR) is 157 cm³/mol. The van der Waals surface area contributed by atoms with Gasteiger partial charge in [0.25, 0.3) is 11.8 Å². The Kier molecular flexibility index (Phi) is 10.6. The third-order valence-electron chi connectivity index (χ3n) is 6.87. The van der Waals surface area contributed by atoms with Gasteiger partial charge in [0, 0.05) is 46.0 Å². The maximum atomic E-state index is 14.3. The normalized spacial score (nSPS) is 16.3. The van der Waals surface area contributed by atoms with Crippen molar-refractivity contribution in [2.75, 3.05) is 26.1 Å². The standard InChI is InChI=1S/C29H39ClN3O6P/c1-7-39-40(38,15-19(13-17(2)3)26(34)32-24(14-18(4)5)27(35)31-6)16-33-28(36)21-10-8-9-20-23(30)12-11-22(25(20)21)29(33)37/h8-12,17-19,24H,7,13-16H2,1-6H3,(H,31,35)(H,32,34)/t19?,24-,40?/m0/s1. The Bertz CT molecular complexity index is 1320. The molecule has 0 aliphatic carbocycles. The number of nitrogens with zero attached hydrogens (tertiary/aromatic N) is 1. The fourth-order valence-corrected chi connectivity index (χ4v) is 7.84. The monoisotopic (exact) mass is 591 g/mol. The average Bonchev–Trinajstić information content (AvgIpc) is 2.89. The first-order valence-electron chi connectivity index (χ1n) is 13.6. The second kappa shape index (κ2) is 13.3. The highest BCUT2D eigenvalue weighted by Gasteiger charge is 2.41. The number of nitrogens with one attached hydrogen (secondary N) is 2. The topological polar surface area (TPSA) is 122 Å². The van der Waals surface area contributed by atoms with Crippen LogP contribution in [0.4, 0.5) is 0 Å². The number of rotatable bonds is 13. The van der Waals surface area contributed by atoms with Crippen LogP contribution in [0.3, 0.4) is 0 Å². The van der Waals surface area contributed by atoms with E-state index in [9.17, 15) is 23.7 Å². The zero-order valence-electron chi connectivity index (χ0n) is 24.0. The van der Waals surface area contributed by atoms with Crippen LogP contribution in [-0.4, -0.2) is 60.7 Å². The summed E-state index contributed by atoms with van der Waals surface area (Å²) < 4.78 is 20.0. The number of imide groups is 1. The summed E-state index contributed by atoms with van der Waals surface area (Å²) in [5.74, 6) is -2.44. The summed E-state index contributed by atoms with van der Waals surface area (Å²) in [7, 11) is -2.22. The zero-order chi connectivity index (χ0) is 29.8. The maximum Gasteiger partial charge on any atom is 0.261 e. The van der Waals surface area contributed by atoms with Gasteiger partial charge in [-0.3, -0.25) is 28.6 Å². The van der Waals surface area contributed by atoms with E-state index in [0.717, 1.165) is 4.90 Å². The van der Waals surface area contributed by atoms with Crippen LogP contribution in [0.25, 0.3) is 10.8 Å². The number of hydrogen-bond acceptors (Lipinski definition) is 6. The number of hydrogen-bond donors (Lipinski definition) is 2. The van der Waals surface area contributed by atoms with Gasteiger partial charge in [-0.15, -0.1) is 0 Å². The van der Waals surface area contributed by atoms with Crippen molar-refractivity contribution in [3.8, 4) is 0 Å². The lowest BCUT2D eigenvalue weighted by Crippen LogP contribution is -2.49. The van der Waals surface area contributed by atoms with Gasteiger partial charge in [-0.2, -0.15) is 0 Å². The van der Waals surface area contributed by atoms with Crippen LogP contribution in [0.2, 0.25) is 5.02 Å². The Balaban J connectivity index is 1.92. The number of benzene rings is 2. The molecule has 11 heteroatoms. The maximum absolute atomic E-state index is 14.3. The molecule has 3 atom stereocenters. The number of amides is 4. The molecular weight excluding hydrogens is 553 g/mol. The molecular formula is C29H39ClN3O6P. The van der Waals surface area contributed by atoms with Crippen LogP contribution in [0, 0.1) is 17.8 Å². The van der Waals surface area contributed by atoms with E-state index in [1.165, 1.54) is 7.05 Å². The molecule has 0 fully saturated rings. The van der Waals surface area contributed by atoms with Crippen molar-refractivity contribution >= 4 is 53.4 Å². The molecule has 2 aromatic carbocycles. The first kappa shape index (κ1) is 31.8. The molecule has 1 aliphatic heterocycles. The highest BCUT2D eigenvalue weighted by Crippen LogP contribution is 2.51. The summed E-state index contributed by atoms with van der Waals surface area (Å²) in [6.45, 7) is 9.53. The largest absolute Gasteiger partial charge is 0.357 e. The molecule has 3 rings (SSSR count). The first-order valence-corrected chi connectivity index (χ1v) is 16.0. The van der Waals surface area contributed by atoms with Crippen molar-refractivity contribution in [2.24, 2.45) is 17.8 Å². The van der Waals surface area contributed by atoms with E-state index >= 15 is 0 Å².